The second kappa shape index (κ2) is 5.98. The van der Waals surface area contributed by atoms with Crippen molar-refractivity contribution in [1.82, 2.24) is 0 Å². The molecule has 2 aliphatic heterocycles. The van der Waals surface area contributed by atoms with Crippen molar-refractivity contribution < 1.29 is 14.3 Å². The number of carbonyl (C=O) groups is 1. The molecular weight excluding hydrogens is 375 g/mol. The van der Waals surface area contributed by atoms with Crippen LogP contribution in [0, 0.1) is 9.85 Å². The van der Waals surface area contributed by atoms with Crippen LogP contribution in [-0.2, 0) is 0 Å². The van der Waals surface area contributed by atoms with Gasteiger partial charge in [-0.05, 0) is 45.0 Å². The van der Waals surface area contributed by atoms with Gasteiger partial charge in [-0.2, -0.15) is 0 Å². The average Bonchev–Trinajstić information content (AvgIpc) is 2.47. The molecule has 78 valence electrons. The third kappa shape index (κ3) is 3.72. The van der Waals surface area contributed by atoms with E-state index in [4.69, 9.17) is 9.47 Å². The van der Waals surface area contributed by atoms with Crippen molar-refractivity contribution in [3.05, 3.63) is 22.7 Å². The molecule has 2 heterocycles. The number of benzene rings is 1. The van der Waals surface area contributed by atoms with Gasteiger partial charge in [0, 0.05) is 22.6 Å². The minimum absolute atomic E-state index is 0.483. The molecule has 0 fully saturated rings. The standard InChI is InChI=1S/C7H3BrO3.C3H3I/c8-5-3-4-1-2-6(5)11-7(9)10-4;1-2-3-4/h1-3H;1H3. The predicted molar refractivity (Wildman–Crippen MR) is 68.3 cm³/mol. The van der Waals surface area contributed by atoms with Gasteiger partial charge < -0.3 is 9.47 Å². The number of ether oxygens (including phenoxy) is 2. The van der Waals surface area contributed by atoms with Gasteiger partial charge in [-0.25, -0.2) is 4.79 Å². The van der Waals surface area contributed by atoms with Crippen LogP contribution < -0.4 is 9.47 Å². The first-order valence-corrected chi connectivity index (χ1v) is 5.76. The zero-order chi connectivity index (χ0) is 11.3. The van der Waals surface area contributed by atoms with Crippen molar-refractivity contribution in [1.29, 1.82) is 0 Å². The van der Waals surface area contributed by atoms with E-state index >= 15 is 0 Å². The maximum Gasteiger partial charge on any atom is 0.519 e. The Bertz CT molecular complexity index is 428. The Kier molecular flexibility index (Phi) is 4.91. The molecule has 3 nitrogen and oxygen atoms in total. The van der Waals surface area contributed by atoms with Gasteiger partial charge in [0.15, 0.2) is 0 Å². The molecule has 0 saturated heterocycles. The first kappa shape index (κ1) is 12.3. The fourth-order valence-electron chi connectivity index (χ4n) is 0.835. The van der Waals surface area contributed by atoms with E-state index in [9.17, 15) is 4.79 Å². The first-order valence-electron chi connectivity index (χ1n) is 3.89. The van der Waals surface area contributed by atoms with E-state index < -0.39 is 6.16 Å². The summed E-state index contributed by atoms with van der Waals surface area (Å²) >= 11 is 5.21. The van der Waals surface area contributed by atoms with Gasteiger partial charge in [0.2, 0.25) is 0 Å². The third-order valence-electron chi connectivity index (χ3n) is 1.39. The molecule has 0 aliphatic carbocycles. The molecule has 1 aromatic carbocycles. The molecule has 2 bridgehead atoms. The van der Waals surface area contributed by atoms with Gasteiger partial charge in [0.05, 0.1) is 4.47 Å². The van der Waals surface area contributed by atoms with E-state index in [-0.39, 0.29) is 0 Å². The number of hydrogen-bond acceptors (Lipinski definition) is 3. The molecule has 0 amide bonds. The lowest BCUT2D eigenvalue weighted by Gasteiger charge is -1.95. The summed E-state index contributed by atoms with van der Waals surface area (Å²) in [5.41, 5.74) is 0. The van der Waals surface area contributed by atoms with E-state index in [0.29, 0.717) is 11.5 Å². The molecular formula is C10H6BrIO3. The lowest BCUT2D eigenvalue weighted by atomic mass is 10.3. The molecule has 0 aromatic heterocycles. The molecule has 0 N–H and O–H groups in total. The van der Waals surface area contributed by atoms with E-state index in [1.165, 1.54) is 0 Å². The van der Waals surface area contributed by atoms with E-state index in [2.05, 4.69) is 25.8 Å². The number of hydrogen-bond donors (Lipinski definition) is 0. The van der Waals surface area contributed by atoms with Gasteiger partial charge in [-0.1, -0.05) is 5.92 Å². The van der Waals surface area contributed by atoms with Gasteiger partial charge in [-0.15, -0.1) is 0 Å². The van der Waals surface area contributed by atoms with Gasteiger partial charge in [-0.3, -0.25) is 0 Å². The Morgan fingerprint density at radius 3 is 2.60 bits per heavy atom. The van der Waals surface area contributed by atoms with Crippen LogP contribution in [0.4, 0.5) is 4.79 Å². The maximum absolute atomic E-state index is 10.7. The summed E-state index contributed by atoms with van der Waals surface area (Å²) in [7, 11) is 0. The monoisotopic (exact) mass is 380 g/mol. The molecule has 0 atom stereocenters. The Balaban J connectivity index is 0.000000245. The number of halogens is 2. The lowest BCUT2D eigenvalue weighted by molar-refractivity contribution is 0.154. The summed E-state index contributed by atoms with van der Waals surface area (Å²) in [6, 6.07) is 5.02. The summed E-state index contributed by atoms with van der Waals surface area (Å²) in [6.07, 6.45) is -0.689. The average molecular weight is 381 g/mol. The van der Waals surface area contributed by atoms with E-state index in [0.717, 1.165) is 4.47 Å². The highest BCUT2D eigenvalue weighted by Crippen LogP contribution is 2.32. The molecule has 2 aliphatic rings. The maximum atomic E-state index is 10.7. The highest BCUT2D eigenvalue weighted by Gasteiger charge is 2.16. The quantitative estimate of drug-likeness (QED) is 0.297. The Hall–Kier alpha value is -0.740. The molecule has 0 radical (unpaired) electrons. The van der Waals surface area contributed by atoms with Crippen LogP contribution in [0.25, 0.3) is 0 Å². The molecule has 0 unspecified atom stereocenters. The van der Waals surface area contributed by atoms with Crippen LogP contribution in [0.15, 0.2) is 22.7 Å². The van der Waals surface area contributed by atoms with Crippen molar-refractivity contribution in [2.45, 2.75) is 6.92 Å². The van der Waals surface area contributed by atoms with Crippen molar-refractivity contribution in [2.75, 3.05) is 0 Å². The third-order valence-corrected chi connectivity index (χ3v) is 2.55. The Labute approximate surface area is 109 Å². The van der Waals surface area contributed by atoms with Crippen LogP contribution in [0.2, 0.25) is 0 Å². The largest absolute Gasteiger partial charge is 0.519 e. The predicted octanol–water partition coefficient (Wildman–Crippen LogP) is 3.74. The highest BCUT2D eigenvalue weighted by molar-refractivity contribution is 14.1. The van der Waals surface area contributed by atoms with Crippen LogP contribution in [-0.4, -0.2) is 6.16 Å². The summed E-state index contributed by atoms with van der Waals surface area (Å²) in [4.78, 5) is 10.7. The van der Waals surface area contributed by atoms with Gasteiger partial charge in [0.1, 0.15) is 11.5 Å². The van der Waals surface area contributed by atoms with Crippen LogP contribution in [0.1, 0.15) is 6.92 Å². The summed E-state index contributed by atoms with van der Waals surface area (Å²) in [5, 5.41) is 0. The van der Waals surface area contributed by atoms with Crippen molar-refractivity contribution in [2.24, 2.45) is 0 Å². The van der Waals surface area contributed by atoms with Crippen molar-refractivity contribution in [3.63, 3.8) is 0 Å². The smallest absolute Gasteiger partial charge is 0.395 e. The normalized spacial score (nSPS) is 11.0. The van der Waals surface area contributed by atoms with E-state index in [1.807, 2.05) is 29.5 Å². The topological polar surface area (TPSA) is 35.5 Å². The molecule has 5 heteroatoms. The van der Waals surface area contributed by atoms with Crippen molar-refractivity contribution >= 4 is 44.7 Å². The first-order chi connectivity index (χ1) is 7.17. The van der Waals surface area contributed by atoms with Gasteiger partial charge >= 0.3 is 6.16 Å². The summed E-state index contributed by atoms with van der Waals surface area (Å²) in [6.45, 7) is 1.81. The molecule has 0 saturated carbocycles. The minimum Gasteiger partial charge on any atom is -0.395 e. The Morgan fingerprint density at radius 1 is 1.40 bits per heavy atom. The molecule has 1 aromatic rings. The van der Waals surface area contributed by atoms with E-state index in [1.54, 1.807) is 18.2 Å². The van der Waals surface area contributed by atoms with Crippen LogP contribution >= 0.6 is 38.5 Å². The summed E-state index contributed by atoms with van der Waals surface area (Å²) in [5.74, 6) is 3.64. The molecule has 0 spiro atoms. The summed E-state index contributed by atoms with van der Waals surface area (Å²) < 4.78 is 12.8. The molecule has 3 rings (SSSR count). The number of fused-ring (bicyclic) bond motifs is 4. The van der Waals surface area contributed by atoms with Crippen LogP contribution in [0.3, 0.4) is 0 Å². The number of carbonyl (C=O) groups excluding carboxylic acids is 1. The number of rotatable bonds is 0. The second-order valence-electron chi connectivity index (χ2n) is 2.39. The van der Waals surface area contributed by atoms with Gasteiger partial charge in [0.25, 0.3) is 0 Å². The zero-order valence-corrected chi connectivity index (χ0v) is 11.5. The second-order valence-corrected chi connectivity index (χ2v) is 3.78. The lowest BCUT2D eigenvalue weighted by Crippen LogP contribution is -2.10. The molecule has 15 heavy (non-hydrogen) atoms. The zero-order valence-electron chi connectivity index (χ0n) is 7.71. The van der Waals surface area contributed by atoms with Crippen LogP contribution in [0.5, 0.6) is 11.5 Å². The SMILES string of the molecule is CC#CI.O=C1Oc2ccc(c(Br)c2)O1. The fraction of sp³-hybridized carbons (Fsp3) is 0.100. The van der Waals surface area contributed by atoms with Crippen molar-refractivity contribution in [3.8, 4) is 21.3 Å². The fourth-order valence-corrected chi connectivity index (χ4v) is 1.27. The highest BCUT2D eigenvalue weighted by atomic mass is 127. The minimum atomic E-state index is -0.689. The Morgan fingerprint density at radius 2 is 2.07 bits per heavy atom.